The maximum Gasteiger partial charge on any atom is 0.472 e. The quantitative estimate of drug-likeness (QED) is 0.0222. The molecule has 0 amide bonds. The van der Waals surface area contributed by atoms with Gasteiger partial charge in [0.05, 0.1) is 26.4 Å². The summed E-state index contributed by atoms with van der Waals surface area (Å²) in [5.74, 6) is -1.32. The molecule has 17 nitrogen and oxygen atoms in total. The molecular weight excluding hydrogens is 1330 g/mol. The standard InChI is InChI=1S/C83H162O17P2/c1-6-9-12-15-18-21-24-27-29-30-31-32-33-35-37-44-49-54-59-64-69-83(88)100-79(73-94-81(86)67-62-57-52-47-42-39-38-40-45-50-55-60-65-76(4)5)75-98-102(91,92)96-71-77(84)70-95-101(89,90)97-74-78(72-93-80(85)66-61-56-51-46-41-26-23-20-17-14-11-8-3)99-82(87)68-63-58-53-48-43-36-34-28-25-22-19-16-13-10-7-2/h76-79,84H,6-75H2,1-5H3,(H,89,90)(H,91,92)/t77-,78+,79+/m0/s1. The van der Waals surface area contributed by atoms with Crippen LogP contribution in [0.3, 0.4) is 0 Å². The third kappa shape index (κ3) is 76.3. The van der Waals surface area contributed by atoms with Gasteiger partial charge in [0.2, 0.25) is 0 Å². The van der Waals surface area contributed by atoms with E-state index in [9.17, 15) is 43.2 Å². The Morgan fingerprint density at radius 2 is 0.451 bits per heavy atom. The Morgan fingerprint density at radius 3 is 0.667 bits per heavy atom. The van der Waals surface area contributed by atoms with Crippen LogP contribution in [-0.2, 0) is 65.4 Å². The van der Waals surface area contributed by atoms with E-state index >= 15 is 0 Å². The molecule has 0 aliphatic heterocycles. The summed E-state index contributed by atoms with van der Waals surface area (Å²) in [6.07, 6.45) is 67.9. The predicted molar refractivity (Wildman–Crippen MR) is 418 cm³/mol. The lowest BCUT2D eigenvalue weighted by Gasteiger charge is -2.21. The van der Waals surface area contributed by atoms with E-state index in [4.69, 9.17) is 37.0 Å². The van der Waals surface area contributed by atoms with Crippen LogP contribution in [0.5, 0.6) is 0 Å². The van der Waals surface area contributed by atoms with Crippen molar-refractivity contribution in [1.82, 2.24) is 0 Å². The minimum Gasteiger partial charge on any atom is -0.462 e. The molecule has 0 heterocycles. The molecule has 3 N–H and O–H groups in total. The molecule has 0 aliphatic carbocycles. The molecule has 606 valence electrons. The highest BCUT2D eigenvalue weighted by Crippen LogP contribution is 2.45. The lowest BCUT2D eigenvalue weighted by atomic mass is 10.0. The molecule has 0 saturated heterocycles. The number of hydrogen-bond donors (Lipinski definition) is 3. The average Bonchev–Trinajstić information content (AvgIpc) is 0.930. The van der Waals surface area contributed by atoms with Crippen molar-refractivity contribution in [1.29, 1.82) is 0 Å². The summed E-state index contributed by atoms with van der Waals surface area (Å²) in [5, 5.41) is 10.7. The van der Waals surface area contributed by atoms with E-state index < -0.39 is 97.5 Å². The second-order valence-corrected chi connectivity index (χ2v) is 33.3. The van der Waals surface area contributed by atoms with Crippen LogP contribution in [-0.4, -0.2) is 96.7 Å². The van der Waals surface area contributed by atoms with Crippen LogP contribution in [0.1, 0.15) is 446 Å². The zero-order chi connectivity index (χ0) is 74.8. The molecular formula is C83H162O17P2. The molecule has 0 saturated carbocycles. The summed E-state index contributed by atoms with van der Waals surface area (Å²) in [6, 6.07) is 0. The van der Waals surface area contributed by atoms with Gasteiger partial charge in [0, 0.05) is 25.7 Å². The highest BCUT2D eigenvalue weighted by molar-refractivity contribution is 7.47. The van der Waals surface area contributed by atoms with Crippen LogP contribution >= 0.6 is 15.6 Å². The number of aliphatic hydroxyl groups excluding tert-OH is 1. The molecule has 0 radical (unpaired) electrons. The molecule has 19 heteroatoms. The SMILES string of the molecule is CCCCCCCCCCCCCCCCCCCCCCC(=O)O[C@H](COC(=O)CCCCCCCCCCCCCCC(C)C)COP(=O)(O)OC[C@@H](O)COP(=O)(O)OC[C@@H](COC(=O)CCCCCCCCCCCCCC)OC(=O)CCCCCCCCCCCCCCCCC. The average molecular weight is 1490 g/mol. The van der Waals surface area contributed by atoms with E-state index in [1.165, 1.54) is 270 Å². The first-order chi connectivity index (χ1) is 49.5. The number of phosphoric ester groups is 2. The Hall–Kier alpha value is -1.94. The van der Waals surface area contributed by atoms with Gasteiger partial charge in [0.25, 0.3) is 0 Å². The summed E-state index contributed by atoms with van der Waals surface area (Å²) < 4.78 is 68.8. The first-order valence-corrected chi connectivity index (χ1v) is 46.1. The number of ether oxygens (including phenoxy) is 4. The van der Waals surface area contributed by atoms with E-state index in [2.05, 4.69) is 34.6 Å². The van der Waals surface area contributed by atoms with Crippen LogP contribution < -0.4 is 0 Å². The largest absolute Gasteiger partial charge is 0.472 e. The van der Waals surface area contributed by atoms with E-state index in [1.807, 2.05) is 0 Å². The fourth-order valence-corrected chi connectivity index (χ4v) is 14.5. The summed E-state index contributed by atoms with van der Waals surface area (Å²) >= 11 is 0. The van der Waals surface area contributed by atoms with Crippen molar-refractivity contribution in [2.45, 2.75) is 464 Å². The number of carbonyl (C=O) groups is 4. The molecule has 0 rings (SSSR count). The first kappa shape index (κ1) is 100. The molecule has 0 fully saturated rings. The van der Waals surface area contributed by atoms with Gasteiger partial charge in [-0.15, -0.1) is 0 Å². The second kappa shape index (κ2) is 75.9. The van der Waals surface area contributed by atoms with Gasteiger partial charge in [-0.25, -0.2) is 9.13 Å². The topological polar surface area (TPSA) is 237 Å². The van der Waals surface area contributed by atoms with Gasteiger partial charge in [0.1, 0.15) is 19.3 Å². The number of unbranched alkanes of at least 4 members (excludes halogenated alkanes) is 55. The molecule has 0 aromatic rings. The van der Waals surface area contributed by atoms with Crippen LogP contribution in [0.4, 0.5) is 0 Å². The first-order valence-electron chi connectivity index (χ1n) is 43.1. The van der Waals surface area contributed by atoms with Crippen molar-refractivity contribution in [2.24, 2.45) is 5.92 Å². The van der Waals surface area contributed by atoms with Crippen molar-refractivity contribution < 1.29 is 80.2 Å². The number of carbonyl (C=O) groups excluding carboxylic acids is 4. The molecule has 0 bridgehead atoms. The van der Waals surface area contributed by atoms with Crippen molar-refractivity contribution in [3.8, 4) is 0 Å². The van der Waals surface area contributed by atoms with Crippen LogP contribution in [0.2, 0.25) is 0 Å². The van der Waals surface area contributed by atoms with Crippen molar-refractivity contribution in [2.75, 3.05) is 39.6 Å². The molecule has 0 aromatic carbocycles. The molecule has 0 spiro atoms. The monoisotopic (exact) mass is 1490 g/mol. The van der Waals surface area contributed by atoms with Crippen LogP contribution in [0, 0.1) is 5.92 Å². The number of rotatable bonds is 83. The molecule has 5 atom stereocenters. The maximum atomic E-state index is 13.1. The number of esters is 4. The molecule has 102 heavy (non-hydrogen) atoms. The van der Waals surface area contributed by atoms with Gasteiger partial charge in [-0.1, -0.05) is 394 Å². The van der Waals surface area contributed by atoms with Crippen molar-refractivity contribution >= 4 is 39.5 Å². The van der Waals surface area contributed by atoms with E-state index in [1.54, 1.807) is 0 Å². The molecule has 0 aliphatic rings. The third-order valence-electron chi connectivity index (χ3n) is 19.5. The van der Waals surface area contributed by atoms with Gasteiger partial charge in [-0.05, 0) is 31.6 Å². The Bertz CT molecular complexity index is 1940. The van der Waals surface area contributed by atoms with Crippen LogP contribution in [0.25, 0.3) is 0 Å². The Kier molecular flexibility index (Phi) is 74.4. The Morgan fingerprint density at radius 1 is 0.265 bits per heavy atom. The van der Waals surface area contributed by atoms with E-state index in [0.717, 1.165) is 95.8 Å². The second-order valence-electron chi connectivity index (χ2n) is 30.3. The summed E-state index contributed by atoms with van der Waals surface area (Å²) in [7, 11) is -9.92. The number of phosphoric acid groups is 2. The number of aliphatic hydroxyl groups is 1. The van der Waals surface area contributed by atoms with E-state index in [0.29, 0.717) is 25.7 Å². The zero-order valence-electron chi connectivity index (χ0n) is 66.8. The smallest absolute Gasteiger partial charge is 0.462 e. The lowest BCUT2D eigenvalue weighted by Crippen LogP contribution is -2.30. The van der Waals surface area contributed by atoms with Gasteiger partial charge in [-0.2, -0.15) is 0 Å². The lowest BCUT2D eigenvalue weighted by molar-refractivity contribution is -0.161. The maximum absolute atomic E-state index is 13.1. The highest BCUT2D eigenvalue weighted by atomic mass is 31.2. The van der Waals surface area contributed by atoms with Crippen LogP contribution in [0.15, 0.2) is 0 Å². The molecule has 0 aromatic heterocycles. The van der Waals surface area contributed by atoms with E-state index in [-0.39, 0.29) is 25.7 Å². The number of hydrogen-bond acceptors (Lipinski definition) is 15. The van der Waals surface area contributed by atoms with Gasteiger partial charge < -0.3 is 33.8 Å². The minimum absolute atomic E-state index is 0.109. The fourth-order valence-electron chi connectivity index (χ4n) is 12.9. The van der Waals surface area contributed by atoms with Crippen molar-refractivity contribution in [3.63, 3.8) is 0 Å². The molecule has 2 unspecified atom stereocenters. The van der Waals surface area contributed by atoms with Gasteiger partial charge >= 0.3 is 39.5 Å². The highest BCUT2D eigenvalue weighted by Gasteiger charge is 2.30. The summed E-state index contributed by atoms with van der Waals surface area (Å²) in [6.45, 7) is 7.36. The predicted octanol–water partition coefficient (Wildman–Crippen LogP) is 25.2. The minimum atomic E-state index is -4.96. The third-order valence-corrected chi connectivity index (χ3v) is 21.4. The zero-order valence-corrected chi connectivity index (χ0v) is 68.5. The van der Waals surface area contributed by atoms with Gasteiger partial charge in [-0.3, -0.25) is 37.3 Å². The Labute approximate surface area is 626 Å². The fraction of sp³-hybridized carbons (Fsp3) is 0.952. The van der Waals surface area contributed by atoms with Crippen molar-refractivity contribution in [3.05, 3.63) is 0 Å². The Balaban J connectivity index is 5.25. The normalized spacial score (nSPS) is 13.8. The summed E-state index contributed by atoms with van der Waals surface area (Å²) in [5.41, 5.74) is 0. The van der Waals surface area contributed by atoms with Gasteiger partial charge in [0.15, 0.2) is 12.2 Å². The summed E-state index contributed by atoms with van der Waals surface area (Å²) in [4.78, 5) is 73.1.